The zero-order chi connectivity index (χ0) is 17.1. The Labute approximate surface area is 145 Å². The summed E-state index contributed by atoms with van der Waals surface area (Å²) in [5, 5.41) is 16.6. The SMILES string of the molecule is CC(C)CC(=O)N[C@@H](c1cccs1)c1ccc2cccnc2c1O. The maximum absolute atomic E-state index is 12.3. The first-order valence-electron chi connectivity index (χ1n) is 7.95. The first-order valence-corrected chi connectivity index (χ1v) is 8.83. The van der Waals surface area contributed by atoms with E-state index in [1.165, 1.54) is 0 Å². The lowest BCUT2D eigenvalue weighted by atomic mass is 10.0. The Hall–Kier alpha value is -2.40. The van der Waals surface area contributed by atoms with Gasteiger partial charge in [0, 0.05) is 28.4 Å². The van der Waals surface area contributed by atoms with Crippen molar-refractivity contribution >= 4 is 28.1 Å². The fourth-order valence-electron chi connectivity index (χ4n) is 2.73. The average Bonchev–Trinajstić information content (AvgIpc) is 3.07. The molecule has 0 fully saturated rings. The van der Waals surface area contributed by atoms with Gasteiger partial charge < -0.3 is 10.4 Å². The molecule has 1 atom stereocenters. The zero-order valence-electron chi connectivity index (χ0n) is 13.7. The Bertz CT molecular complexity index is 844. The van der Waals surface area contributed by atoms with Gasteiger partial charge in [0.15, 0.2) is 0 Å². The van der Waals surface area contributed by atoms with Gasteiger partial charge in [-0.05, 0) is 23.4 Å². The molecule has 0 spiro atoms. The van der Waals surface area contributed by atoms with Gasteiger partial charge in [-0.1, -0.05) is 38.1 Å². The van der Waals surface area contributed by atoms with Gasteiger partial charge in [0.25, 0.3) is 0 Å². The molecule has 2 heterocycles. The number of rotatable bonds is 5. The molecule has 0 aliphatic heterocycles. The highest BCUT2D eigenvalue weighted by atomic mass is 32.1. The van der Waals surface area contributed by atoms with Crippen LogP contribution in [0.4, 0.5) is 0 Å². The Morgan fingerprint density at radius 2 is 2.08 bits per heavy atom. The molecule has 4 nitrogen and oxygen atoms in total. The molecule has 2 aromatic heterocycles. The molecule has 0 radical (unpaired) electrons. The van der Waals surface area contributed by atoms with Crippen molar-refractivity contribution < 1.29 is 9.90 Å². The van der Waals surface area contributed by atoms with Crippen molar-refractivity contribution in [3.05, 3.63) is 58.4 Å². The number of fused-ring (bicyclic) bond motifs is 1. The zero-order valence-corrected chi connectivity index (χ0v) is 14.5. The van der Waals surface area contributed by atoms with E-state index in [1.54, 1.807) is 17.5 Å². The van der Waals surface area contributed by atoms with Crippen molar-refractivity contribution in [1.29, 1.82) is 0 Å². The van der Waals surface area contributed by atoms with Crippen LogP contribution in [0.1, 0.15) is 36.8 Å². The molecule has 1 aromatic carbocycles. The van der Waals surface area contributed by atoms with Crippen molar-refractivity contribution in [3.8, 4) is 5.75 Å². The Morgan fingerprint density at radius 3 is 2.79 bits per heavy atom. The summed E-state index contributed by atoms with van der Waals surface area (Å²) in [5.41, 5.74) is 1.22. The summed E-state index contributed by atoms with van der Waals surface area (Å²) in [5.74, 6) is 0.376. The lowest BCUT2D eigenvalue weighted by Crippen LogP contribution is -2.29. The Kier molecular flexibility index (Phi) is 4.81. The molecule has 0 aliphatic carbocycles. The molecular weight excluding hydrogens is 320 g/mol. The summed E-state index contributed by atoms with van der Waals surface area (Å²) < 4.78 is 0. The van der Waals surface area contributed by atoms with E-state index in [0.717, 1.165) is 10.3 Å². The molecule has 0 bridgehead atoms. The third-order valence-electron chi connectivity index (χ3n) is 3.82. The molecule has 124 valence electrons. The number of aromatic hydroxyl groups is 1. The molecule has 0 saturated carbocycles. The molecule has 24 heavy (non-hydrogen) atoms. The number of phenolic OH excluding ortho intramolecular Hbond substituents is 1. The van der Waals surface area contributed by atoms with Gasteiger partial charge in [0.2, 0.25) is 5.91 Å². The van der Waals surface area contributed by atoms with Crippen LogP contribution in [-0.4, -0.2) is 16.0 Å². The number of pyridine rings is 1. The van der Waals surface area contributed by atoms with E-state index in [4.69, 9.17) is 0 Å². The van der Waals surface area contributed by atoms with Gasteiger partial charge in [0.1, 0.15) is 11.3 Å². The van der Waals surface area contributed by atoms with E-state index in [-0.39, 0.29) is 23.6 Å². The first kappa shape index (κ1) is 16.5. The third-order valence-corrected chi connectivity index (χ3v) is 4.75. The van der Waals surface area contributed by atoms with Crippen LogP contribution in [0.3, 0.4) is 0 Å². The minimum absolute atomic E-state index is 0.0242. The lowest BCUT2D eigenvalue weighted by Gasteiger charge is -2.20. The van der Waals surface area contributed by atoms with Crippen molar-refractivity contribution in [1.82, 2.24) is 10.3 Å². The highest BCUT2D eigenvalue weighted by Crippen LogP contribution is 2.35. The van der Waals surface area contributed by atoms with Crippen LogP contribution in [-0.2, 0) is 4.79 Å². The number of carbonyl (C=O) groups excluding carboxylic acids is 1. The van der Waals surface area contributed by atoms with Crippen molar-refractivity contribution in [2.45, 2.75) is 26.3 Å². The second-order valence-corrected chi connectivity index (χ2v) is 7.17. The van der Waals surface area contributed by atoms with Crippen molar-refractivity contribution in [2.24, 2.45) is 5.92 Å². The van der Waals surface area contributed by atoms with Crippen molar-refractivity contribution in [3.63, 3.8) is 0 Å². The maximum atomic E-state index is 12.3. The molecule has 0 saturated heterocycles. The van der Waals surface area contributed by atoms with Gasteiger partial charge in [-0.15, -0.1) is 11.3 Å². The molecule has 5 heteroatoms. The van der Waals surface area contributed by atoms with Crippen LogP contribution in [0.25, 0.3) is 10.9 Å². The number of benzene rings is 1. The topological polar surface area (TPSA) is 62.2 Å². The van der Waals surface area contributed by atoms with E-state index in [9.17, 15) is 9.90 Å². The second-order valence-electron chi connectivity index (χ2n) is 6.19. The van der Waals surface area contributed by atoms with Crippen molar-refractivity contribution in [2.75, 3.05) is 0 Å². The molecule has 3 aromatic rings. The largest absolute Gasteiger partial charge is 0.505 e. The van der Waals surface area contributed by atoms with Crippen LogP contribution < -0.4 is 5.32 Å². The summed E-state index contributed by atoms with van der Waals surface area (Å²) in [6.45, 7) is 4.02. The number of thiophene rings is 1. The van der Waals surface area contributed by atoms with Crippen LogP contribution >= 0.6 is 11.3 Å². The van der Waals surface area contributed by atoms with E-state index < -0.39 is 0 Å². The molecule has 2 N–H and O–H groups in total. The van der Waals surface area contributed by atoms with Gasteiger partial charge in [0.05, 0.1) is 6.04 Å². The van der Waals surface area contributed by atoms with Crippen LogP contribution in [0.5, 0.6) is 5.75 Å². The van der Waals surface area contributed by atoms with Crippen LogP contribution in [0, 0.1) is 5.92 Å². The van der Waals surface area contributed by atoms with E-state index >= 15 is 0 Å². The predicted octanol–water partition coefficient (Wildman–Crippen LogP) is 4.25. The average molecular weight is 340 g/mol. The fraction of sp³-hybridized carbons (Fsp3) is 0.263. The molecule has 3 rings (SSSR count). The van der Waals surface area contributed by atoms with Crippen LogP contribution in [0.2, 0.25) is 0 Å². The van der Waals surface area contributed by atoms with Gasteiger partial charge in [-0.25, -0.2) is 0 Å². The molecule has 0 unspecified atom stereocenters. The quantitative estimate of drug-likeness (QED) is 0.730. The lowest BCUT2D eigenvalue weighted by molar-refractivity contribution is -0.122. The number of nitrogens with one attached hydrogen (secondary N) is 1. The standard InChI is InChI=1S/C19H20N2O2S/c1-12(2)11-16(22)21-18(15-6-4-10-24-15)14-8-7-13-5-3-9-20-17(13)19(14)23/h3-10,12,18,23H,11H2,1-2H3,(H,21,22)/t18-/m1/s1. The third kappa shape index (κ3) is 3.41. The first-order chi connectivity index (χ1) is 11.6. The summed E-state index contributed by atoms with van der Waals surface area (Å²) in [7, 11) is 0. The molecule has 0 aliphatic rings. The van der Waals surface area contributed by atoms with Crippen LogP contribution in [0.15, 0.2) is 48.0 Å². The second kappa shape index (κ2) is 7.01. The van der Waals surface area contributed by atoms with E-state index in [1.807, 2.05) is 55.6 Å². The Balaban J connectivity index is 2.03. The number of hydrogen-bond acceptors (Lipinski definition) is 4. The summed E-state index contributed by atoms with van der Waals surface area (Å²) in [6, 6.07) is 11.1. The monoisotopic (exact) mass is 340 g/mol. The number of aromatic nitrogens is 1. The minimum atomic E-state index is -0.373. The summed E-state index contributed by atoms with van der Waals surface area (Å²) in [6.07, 6.45) is 2.11. The number of hydrogen-bond donors (Lipinski definition) is 2. The summed E-state index contributed by atoms with van der Waals surface area (Å²) >= 11 is 1.55. The minimum Gasteiger partial charge on any atom is -0.505 e. The maximum Gasteiger partial charge on any atom is 0.221 e. The summed E-state index contributed by atoms with van der Waals surface area (Å²) in [4.78, 5) is 17.6. The fourth-order valence-corrected chi connectivity index (χ4v) is 3.52. The number of nitrogens with zero attached hydrogens (tertiary/aromatic N) is 1. The predicted molar refractivity (Wildman–Crippen MR) is 97.2 cm³/mol. The highest BCUT2D eigenvalue weighted by molar-refractivity contribution is 7.10. The Morgan fingerprint density at radius 1 is 1.25 bits per heavy atom. The van der Waals surface area contributed by atoms with E-state index in [2.05, 4.69) is 10.3 Å². The normalized spacial score (nSPS) is 12.5. The molecule has 1 amide bonds. The number of amides is 1. The number of phenols is 1. The number of carbonyl (C=O) groups is 1. The smallest absolute Gasteiger partial charge is 0.221 e. The highest BCUT2D eigenvalue weighted by Gasteiger charge is 2.22. The van der Waals surface area contributed by atoms with Gasteiger partial charge in [-0.3, -0.25) is 9.78 Å². The van der Waals surface area contributed by atoms with E-state index in [0.29, 0.717) is 17.5 Å². The van der Waals surface area contributed by atoms with Gasteiger partial charge >= 0.3 is 0 Å². The molecular formula is C19H20N2O2S. The van der Waals surface area contributed by atoms with Gasteiger partial charge in [-0.2, -0.15) is 0 Å².